The predicted octanol–water partition coefficient (Wildman–Crippen LogP) is 4.35. The zero-order chi connectivity index (χ0) is 17.2. The third-order valence-electron chi connectivity index (χ3n) is 4.41. The Kier molecular flexibility index (Phi) is 4.06. The molecule has 4 aromatic rings. The van der Waals surface area contributed by atoms with Crippen molar-refractivity contribution in [3.8, 4) is 11.3 Å². The fourth-order valence-corrected chi connectivity index (χ4v) is 3.02. The van der Waals surface area contributed by atoms with Crippen molar-refractivity contribution in [3.05, 3.63) is 60.8 Å². The van der Waals surface area contributed by atoms with Gasteiger partial charge in [-0.1, -0.05) is 24.3 Å². The molecule has 0 aliphatic rings. The molecule has 5 heteroatoms. The molecule has 0 amide bonds. The van der Waals surface area contributed by atoms with Gasteiger partial charge in [-0.3, -0.25) is 8.79 Å². The number of halogens is 1. The van der Waals surface area contributed by atoms with E-state index in [1.807, 2.05) is 72.2 Å². The molecule has 0 fully saturated rings. The third-order valence-corrected chi connectivity index (χ3v) is 4.41. The van der Waals surface area contributed by atoms with Gasteiger partial charge < -0.3 is 4.90 Å². The first kappa shape index (κ1) is 15.6. The largest absolute Gasteiger partial charge is 0.375 e. The standard InChI is InChI=1S/C20H19FN4/c1-24(13-4-12-21)16-9-7-15(8-10-16)17-11-14-25-19-6-3-2-5-18(19)23-20(25)22-17/h2-3,5-11,14H,4,12-13H2,1H3. The van der Waals surface area contributed by atoms with E-state index in [-0.39, 0.29) is 6.67 Å². The van der Waals surface area contributed by atoms with E-state index >= 15 is 0 Å². The van der Waals surface area contributed by atoms with Crippen LogP contribution in [0.15, 0.2) is 60.8 Å². The van der Waals surface area contributed by atoms with Crippen molar-refractivity contribution >= 4 is 22.5 Å². The van der Waals surface area contributed by atoms with Crippen molar-refractivity contribution in [2.75, 3.05) is 25.2 Å². The molecule has 2 aromatic heterocycles. The third kappa shape index (κ3) is 2.93. The fourth-order valence-electron chi connectivity index (χ4n) is 3.02. The van der Waals surface area contributed by atoms with Crippen LogP contribution in [0.5, 0.6) is 0 Å². The second-order valence-corrected chi connectivity index (χ2v) is 6.09. The van der Waals surface area contributed by atoms with Gasteiger partial charge in [-0.25, -0.2) is 9.97 Å². The smallest absolute Gasteiger partial charge is 0.235 e. The minimum Gasteiger partial charge on any atom is -0.375 e. The highest BCUT2D eigenvalue weighted by Crippen LogP contribution is 2.23. The highest BCUT2D eigenvalue weighted by molar-refractivity contribution is 5.80. The quantitative estimate of drug-likeness (QED) is 0.544. The van der Waals surface area contributed by atoms with Crippen LogP contribution in [-0.4, -0.2) is 34.6 Å². The van der Waals surface area contributed by atoms with Crippen LogP contribution in [-0.2, 0) is 0 Å². The summed E-state index contributed by atoms with van der Waals surface area (Å²) >= 11 is 0. The topological polar surface area (TPSA) is 33.4 Å². The summed E-state index contributed by atoms with van der Waals surface area (Å²) in [5.74, 6) is 0.697. The van der Waals surface area contributed by atoms with Gasteiger partial charge in [-0.15, -0.1) is 0 Å². The van der Waals surface area contributed by atoms with Crippen LogP contribution in [0.25, 0.3) is 28.1 Å². The number of para-hydroxylation sites is 2. The van der Waals surface area contributed by atoms with E-state index < -0.39 is 0 Å². The lowest BCUT2D eigenvalue weighted by Crippen LogP contribution is -2.18. The van der Waals surface area contributed by atoms with Gasteiger partial charge in [0.05, 0.1) is 23.4 Å². The van der Waals surface area contributed by atoms with Gasteiger partial charge in [0, 0.05) is 31.0 Å². The van der Waals surface area contributed by atoms with Crippen LogP contribution in [0.4, 0.5) is 10.1 Å². The first-order chi connectivity index (χ1) is 12.3. The Hall–Kier alpha value is -2.95. The molecular formula is C20H19FN4. The van der Waals surface area contributed by atoms with E-state index in [2.05, 4.69) is 9.88 Å². The lowest BCUT2D eigenvalue weighted by molar-refractivity contribution is 0.474. The summed E-state index contributed by atoms with van der Waals surface area (Å²) in [6, 6.07) is 18.2. The minimum absolute atomic E-state index is 0.287. The van der Waals surface area contributed by atoms with Gasteiger partial charge in [-0.05, 0) is 36.8 Å². The normalized spacial score (nSPS) is 11.3. The van der Waals surface area contributed by atoms with Crippen molar-refractivity contribution in [1.82, 2.24) is 14.4 Å². The van der Waals surface area contributed by atoms with Crippen LogP contribution >= 0.6 is 0 Å². The SMILES string of the molecule is CN(CCCF)c1ccc(-c2ccn3c(n2)nc2ccccc23)cc1. The monoisotopic (exact) mass is 334 g/mol. The summed E-state index contributed by atoms with van der Waals surface area (Å²) in [5, 5.41) is 0. The van der Waals surface area contributed by atoms with Gasteiger partial charge >= 0.3 is 0 Å². The predicted molar refractivity (Wildman–Crippen MR) is 99.8 cm³/mol. The number of alkyl halides is 1. The van der Waals surface area contributed by atoms with Crippen molar-refractivity contribution in [2.24, 2.45) is 0 Å². The molecule has 0 aliphatic heterocycles. The Morgan fingerprint density at radius 1 is 1.00 bits per heavy atom. The van der Waals surface area contributed by atoms with E-state index in [4.69, 9.17) is 4.98 Å². The Morgan fingerprint density at radius 3 is 2.60 bits per heavy atom. The van der Waals surface area contributed by atoms with Crippen LogP contribution in [0, 0.1) is 0 Å². The number of nitrogens with zero attached hydrogens (tertiary/aromatic N) is 4. The van der Waals surface area contributed by atoms with Crippen molar-refractivity contribution < 1.29 is 4.39 Å². The molecule has 0 bridgehead atoms. The Labute approximate surface area is 145 Å². The van der Waals surface area contributed by atoms with Crippen molar-refractivity contribution in [1.29, 1.82) is 0 Å². The summed E-state index contributed by atoms with van der Waals surface area (Å²) in [5.41, 5.74) is 5.00. The molecule has 0 saturated heterocycles. The zero-order valence-corrected chi connectivity index (χ0v) is 14.1. The van der Waals surface area contributed by atoms with Gasteiger partial charge in [0.1, 0.15) is 0 Å². The van der Waals surface area contributed by atoms with E-state index in [0.29, 0.717) is 18.7 Å². The number of hydrogen-bond donors (Lipinski definition) is 0. The van der Waals surface area contributed by atoms with Gasteiger partial charge in [0.15, 0.2) is 0 Å². The highest BCUT2D eigenvalue weighted by atomic mass is 19.1. The Morgan fingerprint density at radius 2 is 1.80 bits per heavy atom. The maximum absolute atomic E-state index is 12.3. The summed E-state index contributed by atoms with van der Waals surface area (Å²) in [6.07, 6.45) is 2.55. The van der Waals surface area contributed by atoms with Crippen LogP contribution < -0.4 is 4.90 Å². The molecule has 0 radical (unpaired) electrons. The van der Waals surface area contributed by atoms with Gasteiger partial charge in [-0.2, -0.15) is 0 Å². The number of aromatic nitrogens is 3. The number of hydrogen-bond acceptors (Lipinski definition) is 3. The zero-order valence-electron chi connectivity index (χ0n) is 14.1. The summed E-state index contributed by atoms with van der Waals surface area (Å²) in [6.45, 7) is 0.422. The minimum atomic E-state index is -0.287. The average Bonchev–Trinajstić information content (AvgIpc) is 3.04. The molecule has 126 valence electrons. The first-order valence-electron chi connectivity index (χ1n) is 8.37. The number of imidazole rings is 1. The van der Waals surface area contributed by atoms with E-state index in [1.165, 1.54) is 0 Å². The Balaban J connectivity index is 1.66. The Bertz CT molecular complexity index is 1010. The molecule has 0 spiro atoms. The lowest BCUT2D eigenvalue weighted by atomic mass is 10.1. The van der Waals surface area contributed by atoms with E-state index in [9.17, 15) is 4.39 Å². The van der Waals surface area contributed by atoms with Crippen molar-refractivity contribution in [3.63, 3.8) is 0 Å². The van der Waals surface area contributed by atoms with Crippen LogP contribution in [0.3, 0.4) is 0 Å². The first-order valence-corrected chi connectivity index (χ1v) is 8.37. The molecule has 0 unspecified atom stereocenters. The van der Waals surface area contributed by atoms with Crippen LogP contribution in [0.1, 0.15) is 6.42 Å². The molecule has 4 nitrogen and oxygen atoms in total. The number of anilines is 1. The summed E-state index contributed by atoms with van der Waals surface area (Å²) in [4.78, 5) is 11.3. The maximum Gasteiger partial charge on any atom is 0.235 e. The van der Waals surface area contributed by atoms with E-state index in [1.54, 1.807) is 0 Å². The molecule has 0 saturated carbocycles. The molecule has 0 N–H and O–H groups in total. The van der Waals surface area contributed by atoms with E-state index in [0.717, 1.165) is 28.0 Å². The lowest BCUT2D eigenvalue weighted by Gasteiger charge is -2.18. The molecule has 4 rings (SSSR count). The summed E-state index contributed by atoms with van der Waals surface area (Å²) in [7, 11) is 1.98. The number of benzene rings is 2. The molecule has 25 heavy (non-hydrogen) atoms. The number of fused-ring (bicyclic) bond motifs is 3. The molecule has 0 atom stereocenters. The van der Waals surface area contributed by atoms with Crippen molar-refractivity contribution in [2.45, 2.75) is 6.42 Å². The maximum atomic E-state index is 12.3. The second kappa shape index (κ2) is 6.51. The van der Waals surface area contributed by atoms with Gasteiger partial charge in [0.25, 0.3) is 0 Å². The molecule has 2 heterocycles. The average molecular weight is 334 g/mol. The fraction of sp³-hybridized carbons (Fsp3) is 0.200. The highest BCUT2D eigenvalue weighted by Gasteiger charge is 2.08. The van der Waals surface area contributed by atoms with Gasteiger partial charge in [0.2, 0.25) is 5.78 Å². The summed E-state index contributed by atoms with van der Waals surface area (Å²) < 4.78 is 14.3. The second-order valence-electron chi connectivity index (χ2n) is 6.09. The number of rotatable bonds is 5. The molecular weight excluding hydrogens is 315 g/mol. The molecule has 2 aromatic carbocycles. The molecule has 0 aliphatic carbocycles. The van der Waals surface area contributed by atoms with Crippen LogP contribution in [0.2, 0.25) is 0 Å².